The van der Waals surface area contributed by atoms with Gasteiger partial charge in [0.15, 0.2) is 14.9 Å². The highest BCUT2D eigenvalue weighted by Gasteiger charge is 2.20. The Hall–Kier alpha value is -0.690. The van der Waals surface area contributed by atoms with Gasteiger partial charge in [-0.2, -0.15) is 5.10 Å². The lowest BCUT2D eigenvalue weighted by atomic mass is 10.2. The maximum absolute atomic E-state index is 11.1. The number of nitrogens with zero attached hydrogens (tertiary/aromatic N) is 1. The van der Waals surface area contributed by atoms with E-state index < -0.39 is 9.84 Å². The first-order valence-electron chi connectivity index (χ1n) is 3.81. The Morgan fingerprint density at radius 2 is 2.31 bits per heavy atom. The van der Waals surface area contributed by atoms with E-state index in [1.807, 2.05) is 0 Å². The molecule has 0 aromatic carbocycles. The molecule has 0 aliphatic carbocycles. The van der Waals surface area contributed by atoms with Gasteiger partial charge < -0.3 is 5.73 Å². The summed E-state index contributed by atoms with van der Waals surface area (Å²) >= 11 is 4.53. The van der Waals surface area contributed by atoms with Gasteiger partial charge in [0.05, 0.1) is 17.2 Å². The highest BCUT2D eigenvalue weighted by atomic mass is 32.2. The van der Waals surface area contributed by atoms with E-state index in [9.17, 15) is 8.42 Å². The molecule has 1 saturated heterocycles. The molecule has 1 aliphatic heterocycles. The van der Waals surface area contributed by atoms with Crippen molar-refractivity contribution in [2.75, 3.05) is 11.5 Å². The molecule has 0 spiro atoms. The van der Waals surface area contributed by atoms with Gasteiger partial charge in [-0.05, 0) is 25.1 Å². The van der Waals surface area contributed by atoms with Gasteiger partial charge >= 0.3 is 0 Å². The van der Waals surface area contributed by atoms with Crippen LogP contribution in [0.4, 0.5) is 0 Å². The van der Waals surface area contributed by atoms with Crippen molar-refractivity contribution >= 4 is 32.9 Å². The second-order valence-electron chi connectivity index (χ2n) is 2.85. The minimum Gasteiger partial charge on any atom is -0.375 e. The van der Waals surface area contributed by atoms with Gasteiger partial charge in [0.1, 0.15) is 0 Å². The zero-order valence-electron chi connectivity index (χ0n) is 6.99. The van der Waals surface area contributed by atoms with Crippen molar-refractivity contribution in [1.82, 2.24) is 5.43 Å². The van der Waals surface area contributed by atoms with Crippen molar-refractivity contribution in [3.05, 3.63) is 0 Å². The van der Waals surface area contributed by atoms with Crippen LogP contribution >= 0.6 is 12.2 Å². The fraction of sp³-hybridized carbons (Fsp3) is 0.667. The summed E-state index contributed by atoms with van der Waals surface area (Å²) in [6.07, 6.45) is 1.31. The molecule has 0 unspecified atom stereocenters. The van der Waals surface area contributed by atoms with E-state index in [0.717, 1.165) is 0 Å². The number of nitrogens with two attached hydrogens (primary N) is 1. The Balaban J connectivity index is 2.62. The first kappa shape index (κ1) is 10.4. The molecule has 13 heavy (non-hydrogen) atoms. The number of nitrogens with one attached hydrogen (secondary N) is 1. The summed E-state index contributed by atoms with van der Waals surface area (Å²) in [5, 5.41) is 3.85. The zero-order chi connectivity index (χ0) is 9.90. The van der Waals surface area contributed by atoms with Crippen molar-refractivity contribution < 1.29 is 8.42 Å². The average molecular weight is 221 g/mol. The van der Waals surface area contributed by atoms with E-state index in [0.29, 0.717) is 18.6 Å². The van der Waals surface area contributed by atoms with Crippen LogP contribution in [-0.2, 0) is 9.84 Å². The van der Waals surface area contributed by atoms with Gasteiger partial charge in [-0.25, -0.2) is 8.42 Å². The number of sulfone groups is 1. The van der Waals surface area contributed by atoms with Crippen LogP contribution in [0.2, 0.25) is 0 Å². The van der Waals surface area contributed by atoms with E-state index in [1.54, 1.807) is 0 Å². The summed E-state index contributed by atoms with van der Waals surface area (Å²) in [6.45, 7) is 0. The standard InChI is InChI=1S/C6H11N3O2S2/c7-6(12)9-8-5-2-1-3-13(10,11)4-5/h1-4H2,(H3,7,9,12). The Kier molecular flexibility index (Phi) is 3.21. The quantitative estimate of drug-likeness (QED) is 0.455. The topological polar surface area (TPSA) is 84.5 Å². The highest BCUT2D eigenvalue weighted by Crippen LogP contribution is 2.08. The van der Waals surface area contributed by atoms with Crippen molar-refractivity contribution in [3.8, 4) is 0 Å². The van der Waals surface area contributed by atoms with E-state index in [2.05, 4.69) is 22.7 Å². The molecule has 3 N–H and O–H groups in total. The highest BCUT2D eigenvalue weighted by molar-refractivity contribution is 7.92. The molecular weight excluding hydrogens is 210 g/mol. The summed E-state index contributed by atoms with van der Waals surface area (Å²) in [7, 11) is -2.93. The molecule has 7 heteroatoms. The fourth-order valence-corrected chi connectivity index (χ4v) is 2.61. The average Bonchev–Trinajstić information content (AvgIpc) is 1.99. The van der Waals surface area contributed by atoms with Crippen LogP contribution in [0.1, 0.15) is 12.8 Å². The molecule has 74 valence electrons. The lowest BCUT2D eigenvalue weighted by molar-refractivity contribution is 0.594. The molecule has 0 atom stereocenters. The first-order valence-corrected chi connectivity index (χ1v) is 6.04. The van der Waals surface area contributed by atoms with E-state index >= 15 is 0 Å². The molecular formula is C6H11N3O2S2. The minimum atomic E-state index is -2.93. The predicted molar refractivity (Wildman–Crippen MR) is 55.2 cm³/mol. The number of hydrogen-bond acceptors (Lipinski definition) is 4. The maximum atomic E-state index is 11.1. The number of thiocarbonyl (C=S) groups is 1. The van der Waals surface area contributed by atoms with Crippen LogP contribution in [0.25, 0.3) is 0 Å². The predicted octanol–water partition coefficient (Wildman–Crippen LogP) is -0.616. The van der Waals surface area contributed by atoms with Crippen LogP contribution in [0.3, 0.4) is 0 Å². The zero-order valence-corrected chi connectivity index (χ0v) is 8.62. The first-order chi connectivity index (χ1) is 5.99. The monoisotopic (exact) mass is 221 g/mol. The van der Waals surface area contributed by atoms with E-state index in [-0.39, 0.29) is 16.6 Å². The SMILES string of the molecule is NC(=S)NN=C1CCCS(=O)(=O)C1. The van der Waals surface area contributed by atoms with Crippen LogP contribution in [0, 0.1) is 0 Å². The summed E-state index contributed by atoms with van der Waals surface area (Å²) in [4.78, 5) is 0. The Bertz CT molecular complexity index is 334. The van der Waals surface area contributed by atoms with E-state index in [1.165, 1.54) is 0 Å². The minimum absolute atomic E-state index is 0.0165. The molecule has 1 fully saturated rings. The molecule has 1 rings (SSSR count). The molecule has 1 heterocycles. The third-order valence-electron chi connectivity index (χ3n) is 1.63. The normalized spacial score (nSPS) is 24.2. The van der Waals surface area contributed by atoms with Gasteiger partial charge in [-0.1, -0.05) is 0 Å². The van der Waals surface area contributed by atoms with Gasteiger partial charge in [-0.15, -0.1) is 0 Å². The van der Waals surface area contributed by atoms with Crippen molar-refractivity contribution in [2.45, 2.75) is 12.8 Å². The maximum Gasteiger partial charge on any atom is 0.184 e. The number of hydrazone groups is 1. The summed E-state index contributed by atoms with van der Waals surface area (Å²) in [5.41, 5.74) is 8.12. The van der Waals surface area contributed by atoms with Crippen LogP contribution in [-0.4, -0.2) is 30.7 Å². The number of hydrogen-bond donors (Lipinski definition) is 2. The summed E-state index contributed by atoms with van der Waals surface area (Å²) in [5.74, 6) is 0.266. The van der Waals surface area contributed by atoms with Crippen LogP contribution in [0.5, 0.6) is 0 Å². The lowest BCUT2D eigenvalue weighted by Gasteiger charge is -2.12. The molecule has 0 bridgehead atoms. The van der Waals surface area contributed by atoms with Gasteiger partial charge in [0.2, 0.25) is 0 Å². The number of rotatable bonds is 1. The van der Waals surface area contributed by atoms with Crippen LogP contribution in [0.15, 0.2) is 5.10 Å². The van der Waals surface area contributed by atoms with Crippen molar-refractivity contribution in [1.29, 1.82) is 0 Å². The molecule has 0 radical (unpaired) electrons. The molecule has 0 saturated carbocycles. The molecule has 0 aromatic heterocycles. The van der Waals surface area contributed by atoms with E-state index in [4.69, 9.17) is 5.73 Å². The largest absolute Gasteiger partial charge is 0.375 e. The van der Waals surface area contributed by atoms with Gasteiger partial charge in [0.25, 0.3) is 0 Å². The Labute approximate surface area is 82.3 Å². The smallest absolute Gasteiger partial charge is 0.184 e. The van der Waals surface area contributed by atoms with Crippen LogP contribution < -0.4 is 11.2 Å². The molecule has 0 amide bonds. The third-order valence-corrected chi connectivity index (χ3v) is 3.41. The van der Waals surface area contributed by atoms with Gasteiger partial charge in [0, 0.05) is 0 Å². The second kappa shape index (κ2) is 4.01. The van der Waals surface area contributed by atoms with Crippen molar-refractivity contribution in [2.24, 2.45) is 10.8 Å². The second-order valence-corrected chi connectivity index (χ2v) is 5.47. The third kappa shape index (κ3) is 3.69. The molecule has 5 nitrogen and oxygen atoms in total. The lowest BCUT2D eigenvalue weighted by Crippen LogP contribution is -2.30. The molecule has 1 aliphatic rings. The van der Waals surface area contributed by atoms with Crippen molar-refractivity contribution in [3.63, 3.8) is 0 Å². The Morgan fingerprint density at radius 3 is 2.85 bits per heavy atom. The Morgan fingerprint density at radius 1 is 1.62 bits per heavy atom. The fourth-order valence-electron chi connectivity index (χ4n) is 1.12. The molecule has 0 aromatic rings. The summed E-state index contributed by atoms with van der Waals surface area (Å²) in [6, 6.07) is 0. The van der Waals surface area contributed by atoms with Gasteiger partial charge in [-0.3, -0.25) is 5.43 Å². The summed E-state index contributed by atoms with van der Waals surface area (Å²) < 4.78 is 22.3.